The second-order valence-electron chi connectivity index (χ2n) is 3.59. The van der Waals surface area contributed by atoms with Crippen LogP contribution in [0.3, 0.4) is 0 Å². The normalized spacial score (nSPS) is 22.1. The Bertz CT molecular complexity index is 506. The summed E-state index contributed by atoms with van der Waals surface area (Å²) < 4.78 is 101. The maximum absolute atomic E-state index is 12.6. The summed E-state index contributed by atoms with van der Waals surface area (Å²) in [6, 6.07) is 0. The summed E-state index contributed by atoms with van der Waals surface area (Å²) in [4.78, 5) is 9.16. The highest BCUT2D eigenvalue weighted by Crippen LogP contribution is 2.67. The summed E-state index contributed by atoms with van der Waals surface area (Å²) in [5.74, 6) is -4.76. The number of rotatable bonds is 2. The molecule has 1 atom stereocenters. The molecule has 0 spiro atoms. The Morgan fingerprint density at radius 3 is 1.84 bits per heavy atom. The smallest absolute Gasteiger partial charge is 0.409 e. The third-order valence-corrected chi connectivity index (χ3v) is 3.51. The molecular weight excluding hydrogens is 306 g/mol. The second kappa shape index (κ2) is 4.39. The van der Waals surface area contributed by atoms with Crippen LogP contribution in [0.25, 0.3) is 0 Å². The second-order valence-corrected chi connectivity index (χ2v) is 4.50. The van der Waals surface area contributed by atoms with Gasteiger partial charge >= 0.3 is 18.3 Å². The van der Waals surface area contributed by atoms with Gasteiger partial charge in [-0.15, -0.1) is 0 Å². The summed E-state index contributed by atoms with van der Waals surface area (Å²) in [5.41, 5.74) is -4.67. The third kappa shape index (κ3) is 2.09. The van der Waals surface area contributed by atoms with Gasteiger partial charge in [0.1, 0.15) is 5.92 Å². The van der Waals surface area contributed by atoms with E-state index >= 15 is 0 Å². The fourth-order valence-corrected chi connectivity index (χ4v) is 2.83. The molecule has 11 heteroatoms. The summed E-state index contributed by atoms with van der Waals surface area (Å²) in [6.07, 6.45) is -11.9. The SMILES string of the molecule is CCOC(=O)C1C(=S(=O)=O)C1(C(F)(F)F)C(F)(F)F. The molecule has 1 rings (SSSR count). The molecule has 0 heterocycles. The van der Waals surface area contributed by atoms with Crippen LogP contribution in [-0.4, -0.2) is 38.2 Å². The molecule has 0 aromatic heterocycles. The van der Waals surface area contributed by atoms with Gasteiger partial charge in [-0.25, -0.2) is 0 Å². The highest BCUT2D eigenvalue weighted by molar-refractivity contribution is 7.74. The lowest BCUT2D eigenvalue weighted by Crippen LogP contribution is -2.43. The van der Waals surface area contributed by atoms with Crippen LogP contribution in [0.15, 0.2) is 0 Å². The van der Waals surface area contributed by atoms with Gasteiger partial charge in [0, 0.05) is 0 Å². The number of carbonyl (C=O) groups excluding carboxylic acids is 1. The predicted molar refractivity (Wildman–Crippen MR) is 48.6 cm³/mol. The van der Waals surface area contributed by atoms with Crippen LogP contribution in [0.2, 0.25) is 0 Å². The van der Waals surface area contributed by atoms with Crippen molar-refractivity contribution in [1.29, 1.82) is 0 Å². The van der Waals surface area contributed by atoms with Crippen molar-refractivity contribution in [3.8, 4) is 0 Å². The van der Waals surface area contributed by atoms with E-state index in [0.29, 0.717) is 0 Å². The van der Waals surface area contributed by atoms with Crippen LogP contribution in [-0.2, 0) is 19.8 Å². The van der Waals surface area contributed by atoms with Gasteiger partial charge in [-0.1, -0.05) is 0 Å². The zero-order valence-electron chi connectivity index (χ0n) is 9.09. The minimum Gasteiger partial charge on any atom is -0.465 e. The van der Waals surface area contributed by atoms with Gasteiger partial charge in [-0.2, -0.15) is 34.8 Å². The molecule has 0 aromatic carbocycles. The molecule has 4 nitrogen and oxygen atoms in total. The molecule has 0 aliphatic heterocycles. The van der Waals surface area contributed by atoms with Crippen molar-refractivity contribution in [3.05, 3.63) is 0 Å². The molecule has 1 unspecified atom stereocenters. The number of halogens is 6. The van der Waals surface area contributed by atoms with Gasteiger partial charge in [0.25, 0.3) is 0 Å². The van der Waals surface area contributed by atoms with E-state index in [2.05, 4.69) is 4.74 Å². The van der Waals surface area contributed by atoms with Crippen molar-refractivity contribution >= 4 is 21.1 Å². The summed E-state index contributed by atoms with van der Waals surface area (Å²) in [7, 11) is -3.80. The Hall–Kier alpha value is -1.26. The number of esters is 1. The van der Waals surface area contributed by atoms with Gasteiger partial charge in [0.15, 0.2) is 0 Å². The minimum absolute atomic E-state index is 0.472. The standard InChI is InChI=1S/C8H6F6O4S/c1-2-18-5(15)3-4(19(16)17)6(3,7(9,10)11)8(12,13)14/h3H,2H2,1H3. The van der Waals surface area contributed by atoms with E-state index in [1.165, 1.54) is 0 Å². The number of alkyl halides is 6. The van der Waals surface area contributed by atoms with E-state index in [9.17, 15) is 39.6 Å². The van der Waals surface area contributed by atoms with E-state index in [4.69, 9.17) is 0 Å². The van der Waals surface area contributed by atoms with Gasteiger partial charge < -0.3 is 4.74 Å². The highest BCUT2D eigenvalue weighted by atomic mass is 32.2. The van der Waals surface area contributed by atoms with E-state index in [0.717, 1.165) is 6.92 Å². The first-order valence-electron chi connectivity index (χ1n) is 4.69. The molecule has 1 saturated carbocycles. The maximum Gasteiger partial charge on any atom is 0.409 e. The topological polar surface area (TPSA) is 60.4 Å². The average molecular weight is 312 g/mol. The fraction of sp³-hybridized carbons (Fsp3) is 0.750. The Labute approximate surface area is 103 Å². The molecule has 0 saturated heterocycles. The van der Waals surface area contributed by atoms with Gasteiger partial charge in [-0.3, -0.25) is 4.79 Å². The van der Waals surface area contributed by atoms with E-state index in [-0.39, 0.29) is 0 Å². The lowest BCUT2D eigenvalue weighted by molar-refractivity contribution is -0.295. The molecule has 0 aromatic rings. The maximum atomic E-state index is 12.6. The number of ether oxygens (including phenoxy) is 1. The molecular formula is C8H6F6O4S. The number of carbonyl (C=O) groups is 1. The third-order valence-electron chi connectivity index (χ3n) is 2.60. The monoisotopic (exact) mass is 312 g/mol. The van der Waals surface area contributed by atoms with Crippen molar-refractivity contribution < 1.29 is 44.3 Å². The molecule has 19 heavy (non-hydrogen) atoms. The minimum atomic E-state index is -5.96. The molecule has 0 amide bonds. The lowest BCUT2D eigenvalue weighted by atomic mass is 10.0. The summed E-state index contributed by atoms with van der Waals surface area (Å²) in [5, 5.41) is 0. The first-order chi connectivity index (χ1) is 8.42. The molecule has 0 radical (unpaired) electrons. The van der Waals surface area contributed by atoms with Gasteiger partial charge in [0.05, 0.1) is 11.5 Å². The van der Waals surface area contributed by atoms with Crippen LogP contribution in [0, 0.1) is 11.3 Å². The van der Waals surface area contributed by atoms with Crippen molar-refractivity contribution in [3.63, 3.8) is 0 Å². The summed E-state index contributed by atoms with van der Waals surface area (Å²) >= 11 is 0. The lowest BCUT2D eigenvalue weighted by Gasteiger charge is -2.22. The quantitative estimate of drug-likeness (QED) is 0.439. The fourth-order valence-electron chi connectivity index (χ4n) is 1.81. The highest BCUT2D eigenvalue weighted by Gasteiger charge is 2.91. The van der Waals surface area contributed by atoms with Crippen LogP contribution in [0.1, 0.15) is 6.92 Å². The Balaban J connectivity index is 3.51. The molecule has 1 aliphatic carbocycles. The van der Waals surface area contributed by atoms with E-state index in [1.807, 2.05) is 0 Å². The molecule has 0 N–H and O–H groups in total. The largest absolute Gasteiger partial charge is 0.465 e. The van der Waals surface area contributed by atoms with Gasteiger partial charge in [0.2, 0.25) is 15.7 Å². The molecule has 0 bridgehead atoms. The Kier molecular flexibility index (Phi) is 3.65. The first kappa shape index (κ1) is 15.8. The van der Waals surface area contributed by atoms with Crippen molar-refractivity contribution in [1.82, 2.24) is 0 Å². The average Bonchev–Trinajstić information content (AvgIpc) is 2.86. The van der Waals surface area contributed by atoms with Crippen LogP contribution < -0.4 is 0 Å². The van der Waals surface area contributed by atoms with Crippen LogP contribution in [0.4, 0.5) is 26.3 Å². The van der Waals surface area contributed by atoms with Crippen LogP contribution >= 0.6 is 0 Å². The number of hydrogen-bond acceptors (Lipinski definition) is 4. The summed E-state index contributed by atoms with van der Waals surface area (Å²) in [6.45, 7) is 0.691. The Morgan fingerprint density at radius 1 is 1.21 bits per heavy atom. The first-order valence-corrected chi connectivity index (χ1v) is 5.77. The van der Waals surface area contributed by atoms with Crippen molar-refractivity contribution in [2.45, 2.75) is 19.3 Å². The van der Waals surface area contributed by atoms with Crippen molar-refractivity contribution in [2.75, 3.05) is 6.61 Å². The zero-order chi connectivity index (χ0) is 15.2. The predicted octanol–water partition coefficient (Wildman–Crippen LogP) is 1.34. The molecule has 1 fully saturated rings. The van der Waals surface area contributed by atoms with Crippen molar-refractivity contribution in [2.24, 2.45) is 11.3 Å². The van der Waals surface area contributed by atoms with Crippen LogP contribution in [0.5, 0.6) is 0 Å². The zero-order valence-corrected chi connectivity index (χ0v) is 9.91. The Morgan fingerprint density at radius 2 is 1.63 bits per heavy atom. The van der Waals surface area contributed by atoms with Gasteiger partial charge in [-0.05, 0) is 6.92 Å². The molecule has 1 aliphatic rings. The number of hydrogen-bond donors (Lipinski definition) is 0. The van der Waals surface area contributed by atoms with E-state index in [1.54, 1.807) is 0 Å². The molecule has 110 valence electrons. The van der Waals surface area contributed by atoms with E-state index < -0.39 is 51.4 Å².